The Kier molecular flexibility index (Phi) is 6.36. The number of nitrogens with zero attached hydrogens (tertiary/aromatic N) is 1. The van der Waals surface area contributed by atoms with Gasteiger partial charge in [-0.05, 0) is 25.1 Å². The highest BCUT2D eigenvalue weighted by Crippen LogP contribution is 2.24. The largest absolute Gasteiger partial charge is 0.465 e. The number of carbonyl (C=O) groups excluding carboxylic acids is 1. The maximum atomic E-state index is 11.7. The van der Waals surface area contributed by atoms with Crippen molar-refractivity contribution in [2.24, 2.45) is 0 Å². The van der Waals surface area contributed by atoms with E-state index in [0.29, 0.717) is 11.3 Å². The summed E-state index contributed by atoms with van der Waals surface area (Å²) in [6.07, 6.45) is 2.03. The van der Waals surface area contributed by atoms with Crippen molar-refractivity contribution in [2.75, 3.05) is 25.5 Å². The molecule has 5 nitrogen and oxygen atoms in total. The molecule has 1 aromatic carbocycles. The Hall–Kier alpha value is -1.92. The third kappa shape index (κ3) is 4.54. The molecule has 0 amide bonds. The van der Waals surface area contributed by atoms with Crippen molar-refractivity contribution in [3.05, 3.63) is 40.9 Å². The number of hydrogen-bond acceptors (Lipinski definition) is 6. The van der Waals surface area contributed by atoms with Gasteiger partial charge in [-0.2, -0.15) is 0 Å². The number of rotatable bonds is 8. The normalized spacial score (nSPS) is 10.5. The van der Waals surface area contributed by atoms with Crippen molar-refractivity contribution in [1.29, 1.82) is 0 Å². The molecule has 0 spiro atoms. The molecule has 0 aliphatic carbocycles. The molecule has 1 heterocycles. The fourth-order valence-electron chi connectivity index (χ4n) is 1.99. The Morgan fingerprint density at radius 3 is 2.91 bits per heavy atom. The van der Waals surface area contributed by atoms with Crippen molar-refractivity contribution in [3.63, 3.8) is 0 Å². The lowest BCUT2D eigenvalue weighted by molar-refractivity contribution is 0.0602. The minimum Gasteiger partial charge on any atom is -0.465 e. The van der Waals surface area contributed by atoms with Gasteiger partial charge in [0.05, 0.1) is 24.1 Å². The number of anilines is 2. The fraction of sp³-hybridized carbons (Fsp3) is 0.375. The highest BCUT2D eigenvalue weighted by Gasteiger charge is 2.12. The van der Waals surface area contributed by atoms with Crippen LogP contribution in [0, 0.1) is 0 Å². The average molecular weight is 319 g/mol. The standard InChI is InChI=1S/C16H21N3O2S/c1-3-9-17-10-8-12-11-22-16(18-12)19-14-7-5-4-6-13(14)15(20)21-2/h4-7,11,17H,3,8-10H2,1-2H3,(H,18,19). The van der Waals surface area contributed by atoms with Gasteiger partial charge >= 0.3 is 5.97 Å². The summed E-state index contributed by atoms with van der Waals surface area (Å²) < 4.78 is 4.79. The molecule has 6 heteroatoms. The molecule has 0 radical (unpaired) electrons. The van der Waals surface area contributed by atoms with Crippen molar-refractivity contribution < 1.29 is 9.53 Å². The molecule has 22 heavy (non-hydrogen) atoms. The Morgan fingerprint density at radius 1 is 1.32 bits per heavy atom. The average Bonchev–Trinajstić information content (AvgIpc) is 2.99. The predicted octanol–water partition coefficient (Wildman–Crippen LogP) is 3.22. The van der Waals surface area contributed by atoms with Gasteiger partial charge < -0.3 is 15.4 Å². The Morgan fingerprint density at radius 2 is 2.14 bits per heavy atom. The van der Waals surface area contributed by atoms with Gasteiger partial charge in [0, 0.05) is 18.3 Å². The number of thiazole rings is 1. The van der Waals surface area contributed by atoms with Crippen molar-refractivity contribution >= 4 is 28.1 Å². The van der Waals surface area contributed by atoms with Crippen LogP contribution in [0.2, 0.25) is 0 Å². The quantitative estimate of drug-likeness (QED) is 0.578. The lowest BCUT2D eigenvalue weighted by atomic mass is 10.2. The van der Waals surface area contributed by atoms with E-state index in [9.17, 15) is 4.79 Å². The Bertz CT molecular complexity index is 613. The zero-order chi connectivity index (χ0) is 15.8. The van der Waals surface area contributed by atoms with E-state index in [1.54, 1.807) is 6.07 Å². The van der Waals surface area contributed by atoms with Crippen LogP contribution in [0.4, 0.5) is 10.8 Å². The van der Waals surface area contributed by atoms with Gasteiger partial charge in [0.25, 0.3) is 0 Å². The first-order valence-electron chi connectivity index (χ1n) is 7.34. The van der Waals surface area contributed by atoms with Crippen LogP contribution >= 0.6 is 11.3 Å². The molecular formula is C16H21N3O2S. The molecule has 2 aromatic rings. The summed E-state index contributed by atoms with van der Waals surface area (Å²) in [6, 6.07) is 7.26. The molecule has 0 saturated carbocycles. The van der Waals surface area contributed by atoms with E-state index in [0.717, 1.165) is 36.8 Å². The molecule has 118 valence electrons. The second-order valence-corrected chi connectivity index (χ2v) is 5.66. The lowest BCUT2D eigenvalue weighted by Crippen LogP contribution is -2.17. The second kappa shape index (κ2) is 8.51. The first-order valence-corrected chi connectivity index (χ1v) is 8.22. The maximum Gasteiger partial charge on any atom is 0.339 e. The highest BCUT2D eigenvalue weighted by atomic mass is 32.1. The van der Waals surface area contributed by atoms with Crippen LogP contribution in [0.15, 0.2) is 29.6 Å². The minimum atomic E-state index is -0.358. The third-order valence-electron chi connectivity index (χ3n) is 3.11. The molecule has 0 aliphatic heterocycles. The van der Waals surface area contributed by atoms with Crippen LogP contribution in [0.25, 0.3) is 0 Å². The van der Waals surface area contributed by atoms with E-state index in [1.807, 2.05) is 23.6 Å². The van der Waals surface area contributed by atoms with Crippen LogP contribution in [0.5, 0.6) is 0 Å². The summed E-state index contributed by atoms with van der Waals surface area (Å²) in [5.74, 6) is -0.358. The molecule has 0 fully saturated rings. The van der Waals surface area contributed by atoms with Gasteiger partial charge in [0.2, 0.25) is 0 Å². The minimum absolute atomic E-state index is 0.358. The van der Waals surface area contributed by atoms with Crippen molar-refractivity contribution in [3.8, 4) is 0 Å². The Labute approximate surface area is 134 Å². The molecule has 2 rings (SSSR count). The summed E-state index contributed by atoms with van der Waals surface area (Å²) in [5.41, 5.74) is 2.26. The van der Waals surface area contributed by atoms with Gasteiger partial charge in [-0.1, -0.05) is 19.1 Å². The van der Waals surface area contributed by atoms with Crippen LogP contribution in [-0.2, 0) is 11.2 Å². The highest BCUT2D eigenvalue weighted by molar-refractivity contribution is 7.13. The van der Waals surface area contributed by atoms with Gasteiger partial charge in [-0.3, -0.25) is 0 Å². The molecule has 0 atom stereocenters. The summed E-state index contributed by atoms with van der Waals surface area (Å²) in [7, 11) is 1.38. The number of nitrogens with one attached hydrogen (secondary N) is 2. The van der Waals surface area contributed by atoms with Gasteiger partial charge in [0.1, 0.15) is 0 Å². The van der Waals surface area contributed by atoms with Gasteiger partial charge in [-0.15, -0.1) is 11.3 Å². The first kappa shape index (κ1) is 16.5. The molecule has 0 saturated heterocycles. The van der Waals surface area contributed by atoms with Crippen molar-refractivity contribution in [1.82, 2.24) is 10.3 Å². The molecular weight excluding hydrogens is 298 g/mol. The van der Waals surface area contributed by atoms with Crippen LogP contribution in [-0.4, -0.2) is 31.2 Å². The van der Waals surface area contributed by atoms with E-state index >= 15 is 0 Å². The monoisotopic (exact) mass is 319 g/mol. The SMILES string of the molecule is CCCNCCc1csc(Nc2ccccc2C(=O)OC)n1. The lowest BCUT2D eigenvalue weighted by Gasteiger charge is -2.07. The van der Waals surface area contributed by atoms with Crippen LogP contribution in [0.1, 0.15) is 29.4 Å². The fourth-order valence-corrected chi connectivity index (χ4v) is 2.75. The molecule has 0 unspecified atom stereocenters. The van der Waals surface area contributed by atoms with E-state index in [4.69, 9.17) is 4.74 Å². The van der Waals surface area contributed by atoms with E-state index < -0.39 is 0 Å². The number of aromatic nitrogens is 1. The van der Waals surface area contributed by atoms with E-state index in [1.165, 1.54) is 18.4 Å². The first-order chi connectivity index (χ1) is 10.7. The number of carbonyl (C=O) groups is 1. The smallest absolute Gasteiger partial charge is 0.339 e. The molecule has 0 aliphatic rings. The molecule has 1 aromatic heterocycles. The zero-order valence-electron chi connectivity index (χ0n) is 12.9. The van der Waals surface area contributed by atoms with Crippen LogP contribution < -0.4 is 10.6 Å². The van der Waals surface area contributed by atoms with Crippen LogP contribution in [0.3, 0.4) is 0 Å². The van der Waals surface area contributed by atoms with Gasteiger partial charge in [0.15, 0.2) is 5.13 Å². The third-order valence-corrected chi connectivity index (χ3v) is 3.92. The number of benzene rings is 1. The number of hydrogen-bond donors (Lipinski definition) is 2. The molecule has 2 N–H and O–H groups in total. The summed E-state index contributed by atoms with van der Waals surface area (Å²) in [4.78, 5) is 16.3. The van der Waals surface area contributed by atoms with Crippen molar-refractivity contribution in [2.45, 2.75) is 19.8 Å². The maximum absolute atomic E-state index is 11.7. The number of para-hydroxylation sites is 1. The van der Waals surface area contributed by atoms with E-state index in [2.05, 4.69) is 22.5 Å². The summed E-state index contributed by atoms with van der Waals surface area (Å²) in [6.45, 7) is 4.11. The molecule has 0 bridgehead atoms. The predicted molar refractivity (Wildman–Crippen MR) is 90.0 cm³/mol. The summed E-state index contributed by atoms with van der Waals surface area (Å²) >= 11 is 1.53. The van der Waals surface area contributed by atoms with E-state index in [-0.39, 0.29) is 5.97 Å². The van der Waals surface area contributed by atoms with Gasteiger partial charge in [-0.25, -0.2) is 9.78 Å². The summed E-state index contributed by atoms with van der Waals surface area (Å²) in [5, 5.41) is 9.37. The topological polar surface area (TPSA) is 63.2 Å². The zero-order valence-corrected chi connectivity index (χ0v) is 13.7. The number of ether oxygens (including phenoxy) is 1. The number of methoxy groups -OCH3 is 1. The number of esters is 1. The second-order valence-electron chi connectivity index (χ2n) is 4.81. The Balaban J connectivity index is 2.00.